The van der Waals surface area contributed by atoms with Crippen LogP contribution >= 0.6 is 11.6 Å². The summed E-state index contributed by atoms with van der Waals surface area (Å²) in [4.78, 5) is 14.3. The number of nitrogens with zero attached hydrogens (tertiary/aromatic N) is 1. The maximum Gasteiger partial charge on any atom is 0.224 e. The second-order valence-corrected chi connectivity index (χ2v) is 6.47. The molecule has 1 unspecified atom stereocenters. The lowest BCUT2D eigenvalue weighted by Crippen LogP contribution is -2.35. The predicted octanol–water partition coefficient (Wildman–Crippen LogP) is 3.70. The van der Waals surface area contributed by atoms with Gasteiger partial charge in [-0.2, -0.15) is 0 Å². The van der Waals surface area contributed by atoms with Crippen molar-refractivity contribution >= 4 is 17.5 Å². The molecule has 0 fully saturated rings. The fourth-order valence-corrected chi connectivity index (χ4v) is 2.91. The van der Waals surface area contributed by atoms with Crippen LogP contribution in [0.4, 0.5) is 0 Å². The van der Waals surface area contributed by atoms with E-state index in [2.05, 4.69) is 10.2 Å². The minimum atomic E-state index is -0.0111. The molecule has 25 heavy (non-hydrogen) atoms. The molecule has 0 aliphatic heterocycles. The quantitative estimate of drug-likeness (QED) is 0.780. The van der Waals surface area contributed by atoms with Crippen LogP contribution in [-0.2, 0) is 11.2 Å². The first kappa shape index (κ1) is 19.3. The number of amides is 1. The van der Waals surface area contributed by atoms with Gasteiger partial charge < -0.3 is 15.0 Å². The topological polar surface area (TPSA) is 41.6 Å². The van der Waals surface area contributed by atoms with Crippen molar-refractivity contribution in [1.29, 1.82) is 0 Å². The van der Waals surface area contributed by atoms with Crippen molar-refractivity contribution in [3.05, 3.63) is 64.7 Å². The maximum atomic E-state index is 12.3. The van der Waals surface area contributed by atoms with Crippen LogP contribution < -0.4 is 10.1 Å². The number of hydrogen-bond acceptors (Lipinski definition) is 3. The molecule has 4 nitrogen and oxygen atoms in total. The van der Waals surface area contributed by atoms with E-state index in [4.69, 9.17) is 16.3 Å². The van der Waals surface area contributed by atoms with Crippen LogP contribution in [0.1, 0.15) is 24.1 Å². The lowest BCUT2D eigenvalue weighted by atomic mass is 10.1. The number of nitrogens with one attached hydrogen (secondary N) is 1. The van der Waals surface area contributed by atoms with Crippen LogP contribution in [-0.4, -0.2) is 38.1 Å². The van der Waals surface area contributed by atoms with Gasteiger partial charge in [0.1, 0.15) is 5.75 Å². The summed E-state index contributed by atoms with van der Waals surface area (Å²) >= 11 is 6.30. The Balaban J connectivity index is 1.94. The number of halogens is 1. The van der Waals surface area contributed by atoms with Gasteiger partial charge in [0.05, 0.1) is 19.1 Å². The van der Waals surface area contributed by atoms with E-state index in [0.29, 0.717) is 24.6 Å². The highest BCUT2D eigenvalue weighted by atomic mass is 35.5. The Hall–Kier alpha value is -2.04. The summed E-state index contributed by atoms with van der Waals surface area (Å²) in [5.74, 6) is 0.807. The van der Waals surface area contributed by atoms with E-state index in [1.165, 1.54) is 0 Å². The highest BCUT2D eigenvalue weighted by molar-refractivity contribution is 6.31. The van der Waals surface area contributed by atoms with E-state index in [-0.39, 0.29) is 11.9 Å². The minimum Gasteiger partial charge on any atom is -0.494 e. The summed E-state index contributed by atoms with van der Waals surface area (Å²) < 4.78 is 5.41. The van der Waals surface area contributed by atoms with Gasteiger partial charge in [0, 0.05) is 11.6 Å². The number of carbonyl (C=O) groups is 1. The zero-order chi connectivity index (χ0) is 18.2. The first-order valence-electron chi connectivity index (χ1n) is 8.40. The molecule has 0 radical (unpaired) electrons. The normalized spacial score (nSPS) is 12.0. The molecule has 0 aromatic heterocycles. The average Bonchev–Trinajstić information content (AvgIpc) is 2.58. The summed E-state index contributed by atoms with van der Waals surface area (Å²) in [6.45, 7) is 3.09. The van der Waals surface area contributed by atoms with E-state index >= 15 is 0 Å². The summed E-state index contributed by atoms with van der Waals surface area (Å²) in [6, 6.07) is 15.4. The van der Waals surface area contributed by atoms with Crippen molar-refractivity contribution in [2.45, 2.75) is 19.4 Å². The lowest BCUT2D eigenvalue weighted by molar-refractivity contribution is -0.120. The SMILES string of the molecule is CCOc1ccc(CC(=O)NCC(c2ccccc2Cl)N(C)C)cc1. The van der Waals surface area contributed by atoms with Crippen molar-refractivity contribution in [2.75, 3.05) is 27.2 Å². The third-order valence-corrected chi connectivity index (χ3v) is 4.32. The first-order chi connectivity index (χ1) is 12.0. The molecule has 1 atom stereocenters. The summed E-state index contributed by atoms with van der Waals surface area (Å²) in [5, 5.41) is 3.72. The molecule has 0 spiro atoms. The van der Waals surface area contributed by atoms with E-state index in [9.17, 15) is 4.79 Å². The van der Waals surface area contributed by atoms with Gasteiger partial charge in [0.15, 0.2) is 0 Å². The molecule has 0 saturated heterocycles. The molecular weight excluding hydrogens is 336 g/mol. The number of rotatable bonds is 8. The molecule has 0 aliphatic carbocycles. The van der Waals surface area contributed by atoms with Crippen LogP contribution in [0.15, 0.2) is 48.5 Å². The number of hydrogen-bond donors (Lipinski definition) is 1. The van der Waals surface area contributed by atoms with E-state index in [1.807, 2.05) is 69.6 Å². The molecule has 1 amide bonds. The molecule has 2 rings (SSSR count). The van der Waals surface area contributed by atoms with Crippen LogP contribution in [0, 0.1) is 0 Å². The Bertz CT molecular complexity index is 686. The number of ether oxygens (including phenoxy) is 1. The van der Waals surface area contributed by atoms with Crippen LogP contribution in [0.3, 0.4) is 0 Å². The monoisotopic (exact) mass is 360 g/mol. The highest BCUT2D eigenvalue weighted by Crippen LogP contribution is 2.25. The molecular formula is C20H25ClN2O2. The fourth-order valence-electron chi connectivity index (χ4n) is 2.64. The Kier molecular flexibility index (Phi) is 7.29. The standard InChI is InChI=1S/C20H25ClN2O2/c1-4-25-16-11-9-15(10-12-16)13-20(24)22-14-19(23(2)3)17-7-5-6-8-18(17)21/h5-12,19H,4,13-14H2,1-3H3,(H,22,24). The average molecular weight is 361 g/mol. The van der Waals surface area contributed by atoms with Crippen LogP contribution in [0.5, 0.6) is 5.75 Å². The van der Waals surface area contributed by atoms with E-state index < -0.39 is 0 Å². The molecule has 0 heterocycles. The van der Waals surface area contributed by atoms with Gasteiger partial charge in [-0.25, -0.2) is 0 Å². The molecule has 2 aromatic rings. The van der Waals surface area contributed by atoms with E-state index in [0.717, 1.165) is 16.9 Å². The van der Waals surface area contributed by atoms with Gasteiger partial charge in [-0.1, -0.05) is 41.9 Å². The highest BCUT2D eigenvalue weighted by Gasteiger charge is 2.17. The Labute approximate surface area is 154 Å². The zero-order valence-corrected chi connectivity index (χ0v) is 15.7. The van der Waals surface area contributed by atoms with Gasteiger partial charge in [0.25, 0.3) is 0 Å². The largest absolute Gasteiger partial charge is 0.494 e. The van der Waals surface area contributed by atoms with Gasteiger partial charge in [0.2, 0.25) is 5.91 Å². The third-order valence-electron chi connectivity index (χ3n) is 3.98. The Morgan fingerprint density at radius 3 is 2.44 bits per heavy atom. The lowest BCUT2D eigenvalue weighted by Gasteiger charge is -2.26. The molecule has 5 heteroatoms. The van der Waals surface area contributed by atoms with Crippen molar-refractivity contribution in [3.63, 3.8) is 0 Å². The van der Waals surface area contributed by atoms with Crippen molar-refractivity contribution in [2.24, 2.45) is 0 Å². The number of carbonyl (C=O) groups excluding carboxylic acids is 1. The minimum absolute atomic E-state index is 0.0111. The molecule has 0 aliphatic rings. The third kappa shape index (κ3) is 5.76. The van der Waals surface area contributed by atoms with Crippen molar-refractivity contribution < 1.29 is 9.53 Å². The first-order valence-corrected chi connectivity index (χ1v) is 8.78. The molecule has 2 aromatic carbocycles. The Morgan fingerprint density at radius 2 is 1.84 bits per heavy atom. The van der Waals surface area contributed by atoms with Crippen molar-refractivity contribution in [1.82, 2.24) is 10.2 Å². The Morgan fingerprint density at radius 1 is 1.16 bits per heavy atom. The molecule has 1 N–H and O–H groups in total. The summed E-state index contributed by atoms with van der Waals surface area (Å²) in [7, 11) is 3.96. The molecule has 0 saturated carbocycles. The van der Waals surface area contributed by atoms with Crippen molar-refractivity contribution in [3.8, 4) is 5.75 Å². The maximum absolute atomic E-state index is 12.3. The van der Waals surface area contributed by atoms with Gasteiger partial charge in [-0.05, 0) is 50.3 Å². The van der Waals surface area contributed by atoms with Crippen LogP contribution in [0.2, 0.25) is 5.02 Å². The van der Waals surface area contributed by atoms with Gasteiger partial charge in [-0.15, -0.1) is 0 Å². The number of benzene rings is 2. The van der Waals surface area contributed by atoms with Crippen LogP contribution in [0.25, 0.3) is 0 Å². The number of likely N-dealkylation sites (N-methyl/N-ethyl adjacent to an activating group) is 1. The van der Waals surface area contributed by atoms with Gasteiger partial charge >= 0.3 is 0 Å². The van der Waals surface area contributed by atoms with E-state index in [1.54, 1.807) is 0 Å². The molecule has 134 valence electrons. The second kappa shape index (κ2) is 9.44. The van der Waals surface area contributed by atoms with Gasteiger partial charge in [-0.3, -0.25) is 4.79 Å². The fraction of sp³-hybridized carbons (Fsp3) is 0.350. The summed E-state index contributed by atoms with van der Waals surface area (Å²) in [6.07, 6.45) is 0.342. The predicted molar refractivity (Wildman–Crippen MR) is 102 cm³/mol. The second-order valence-electron chi connectivity index (χ2n) is 6.06. The smallest absolute Gasteiger partial charge is 0.224 e. The zero-order valence-electron chi connectivity index (χ0n) is 15.0. The summed E-state index contributed by atoms with van der Waals surface area (Å²) in [5.41, 5.74) is 1.97. The molecule has 0 bridgehead atoms.